The van der Waals surface area contributed by atoms with Crippen LogP contribution in [0.15, 0.2) is 48.3 Å². The summed E-state index contributed by atoms with van der Waals surface area (Å²) in [5.74, 6) is -0.139. The maximum absolute atomic E-state index is 12.5. The van der Waals surface area contributed by atoms with Crippen LogP contribution >= 0.6 is 0 Å². The number of amides is 1. The Bertz CT molecular complexity index is 811. The average molecular weight is 349 g/mol. The van der Waals surface area contributed by atoms with E-state index < -0.39 is 0 Å². The zero-order chi connectivity index (χ0) is 18.4. The Balaban J connectivity index is 1.58. The molecule has 2 aromatic rings. The molecule has 1 aliphatic rings. The van der Waals surface area contributed by atoms with Crippen LogP contribution in [0, 0.1) is 13.8 Å². The average Bonchev–Trinajstić information content (AvgIpc) is 2.66. The SMILES string of the molecule is Cc1ccc(NC(=O)c2cncc(NCCC3=CCCCC3)c2)cc1C. The van der Waals surface area contributed by atoms with Gasteiger partial charge in [0.2, 0.25) is 0 Å². The molecule has 2 N–H and O–H groups in total. The number of nitrogens with one attached hydrogen (secondary N) is 2. The van der Waals surface area contributed by atoms with Crippen molar-refractivity contribution in [1.29, 1.82) is 0 Å². The van der Waals surface area contributed by atoms with Crippen LogP contribution in [-0.2, 0) is 0 Å². The third-order valence-corrected chi connectivity index (χ3v) is 4.93. The Morgan fingerprint density at radius 3 is 2.73 bits per heavy atom. The molecule has 4 heteroatoms. The molecule has 0 aliphatic heterocycles. The summed E-state index contributed by atoms with van der Waals surface area (Å²) in [6, 6.07) is 7.79. The Morgan fingerprint density at radius 2 is 1.96 bits per heavy atom. The summed E-state index contributed by atoms with van der Waals surface area (Å²) in [5.41, 5.74) is 6.16. The first-order valence-electron chi connectivity index (χ1n) is 9.37. The van der Waals surface area contributed by atoms with E-state index in [4.69, 9.17) is 0 Å². The van der Waals surface area contributed by atoms with Crippen molar-refractivity contribution >= 4 is 17.3 Å². The fourth-order valence-electron chi connectivity index (χ4n) is 3.18. The van der Waals surface area contributed by atoms with E-state index in [1.807, 2.05) is 31.2 Å². The fraction of sp³-hybridized carbons (Fsp3) is 0.364. The summed E-state index contributed by atoms with van der Waals surface area (Å²) >= 11 is 0. The monoisotopic (exact) mass is 349 g/mol. The van der Waals surface area contributed by atoms with Gasteiger partial charge in [-0.1, -0.05) is 17.7 Å². The smallest absolute Gasteiger partial charge is 0.257 e. The molecule has 136 valence electrons. The van der Waals surface area contributed by atoms with Gasteiger partial charge in [0.1, 0.15) is 0 Å². The highest BCUT2D eigenvalue weighted by Crippen LogP contribution is 2.20. The number of carbonyl (C=O) groups excluding carboxylic acids is 1. The van der Waals surface area contributed by atoms with Crippen LogP contribution < -0.4 is 10.6 Å². The van der Waals surface area contributed by atoms with Crippen molar-refractivity contribution < 1.29 is 4.79 Å². The lowest BCUT2D eigenvalue weighted by Crippen LogP contribution is -2.13. The summed E-state index contributed by atoms with van der Waals surface area (Å²) in [7, 11) is 0. The quantitative estimate of drug-likeness (QED) is 0.700. The molecule has 1 heterocycles. The van der Waals surface area contributed by atoms with Gasteiger partial charge in [0.05, 0.1) is 11.3 Å². The molecular formula is C22H27N3O. The highest BCUT2D eigenvalue weighted by Gasteiger charge is 2.09. The molecule has 0 saturated carbocycles. The van der Waals surface area contributed by atoms with Crippen LogP contribution in [-0.4, -0.2) is 17.4 Å². The van der Waals surface area contributed by atoms with Crippen LogP contribution in [0.25, 0.3) is 0 Å². The van der Waals surface area contributed by atoms with Gasteiger partial charge in [0, 0.05) is 24.6 Å². The predicted octanol–water partition coefficient (Wildman–Crippen LogP) is 5.25. The van der Waals surface area contributed by atoms with Gasteiger partial charge in [0.15, 0.2) is 0 Å². The number of benzene rings is 1. The van der Waals surface area contributed by atoms with E-state index in [0.29, 0.717) is 5.56 Å². The molecule has 0 radical (unpaired) electrons. The van der Waals surface area contributed by atoms with Crippen LogP contribution in [0.1, 0.15) is 53.6 Å². The van der Waals surface area contributed by atoms with Crippen LogP contribution in [0.3, 0.4) is 0 Å². The van der Waals surface area contributed by atoms with Gasteiger partial charge in [-0.05, 0) is 75.3 Å². The molecule has 0 spiro atoms. The molecule has 0 bridgehead atoms. The topological polar surface area (TPSA) is 54.0 Å². The molecule has 26 heavy (non-hydrogen) atoms. The maximum Gasteiger partial charge on any atom is 0.257 e. The van der Waals surface area contributed by atoms with Crippen molar-refractivity contribution in [2.75, 3.05) is 17.2 Å². The van der Waals surface area contributed by atoms with Crippen molar-refractivity contribution in [3.8, 4) is 0 Å². The number of aryl methyl sites for hydroxylation is 2. The molecule has 3 rings (SSSR count). The molecule has 0 fully saturated rings. The molecule has 4 nitrogen and oxygen atoms in total. The number of hydrogen-bond donors (Lipinski definition) is 2. The number of nitrogens with zero attached hydrogens (tertiary/aromatic N) is 1. The first kappa shape index (κ1) is 18.2. The standard InChI is InChI=1S/C22H27N3O/c1-16-8-9-20(12-17(16)2)25-22(26)19-13-21(15-23-14-19)24-11-10-18-6-4-3-5-7-18/h6,8-9,12-15,24H,3-5,7,10-11H2,1-2H3,(H,25,26). The first-order valence-corrected chi connectivity index (χ1v) is 9.37. The van der Waals surface area contributed by atoms with Gasteiger partial charge in [0.25, 0.3) is 5.91 Å². The molecule has 0 saturated heterocycles. The normalized spacial score (nSPS) is 13.8. The summed E-state index contributed by atoms with van der Waals surface area (Å²) in [5, 5.41) is 6.33. The number of hydrogen-bond acceptors (Lipinski definition) is 3. The van der Waals surface area contributed by atoms with E-state index in [1.165, 1.54) is 31.2 Å². The Morgan fingerprint density at radius 1 is 1.08 bits per heavy atom. The minimum atomic E-state index is -0.139. The zero-order valence-corrected chi connectivity index (χ0v) is 15.6. The van der Waals surface area contributed by atoms with Gasteiger partial charge in [-0.2, -0.15) is 0 Å². The molecule has 1 aliphatic carbocycles. The van der Waals surface area contributed by atoms with E-state index in [2.05, 4.69) is 28.6 Å². The molecular weight excluding hydrogens is 322 g/mol. The number of anilines is 2. The van der Waals surface area contributed by atoms with Crippen molar-refractivity contribution in [3.63, 3.8) is 0 Å². The van der Waals surface area contributed by atoms with E-state index >= 15 is 0 Å². The van der Waals surface area contributed by atoms with Gasteiger partial charge in [-0.3, -0.25) is 9.78 Å². The highest BCUT2D eigenvalue weighted by atomic mass is 16.1. The summed E-state index contributed by atoms with van der Waals surface area (Å²) in [6.45, 7) is 4.97. The summed E-state index contributed by atoms with van der Waals surface area (Å²) in [6.07, 6.45) is 11.9. The second-order valence-electron chi connectivity index (χ2n) is 7.00. The molecule has 1 aromatic carbocycles. The van der Waals surface area contributed by atoms with Crippen molar-refractivity contribution in [3.05, 3.63) is 65.0 Å². The minimum Gasteiger partial charge on any atom is -0.383 e. The first-order chi connectivity index (χ1) is 12.6. The Kier molecular flexibility index (Phi) is 6.05. The number of rotatable bonds is 6. The number of aromatic nitrogens is 1. The van der Waals surface area contributed by atoms with E-state index in [1.54, 1.807) is 18.0 Å². The lowest BCUT2D eigenvalue weighted by Gasteiger charge is -2.13. The second-order valence-corrected chi connectivity index (χ2v) is 7.00. The van der Waals surface area contributed by atoms with Crippen LogP contribution in [0.2, 0.25) is 0 Å². The van der Waals surface area contributed by atoms with E-state index in [9.17, 15) is 4.79 Å². The second kappa shape index (κ2) is 8.65. The minimum absolute atomic E-state index is 0.139. The van der Waals surface area contributed by atoms with Crippen molar-refractivity contribution in [1.82, 2.24) is 4.98 Å². The van der Waals surface area contributed by atoms with Gasteiger partial charge < -0.3 is 10.6 Å². The van der Waals surface area contributed by atoms with Gasteiger partial charge in [-0.25, -0.2) is 0 Å². The Labute approximate surface area is 155 Å². The molecule has 1 amide bonds. The number of pyridine rings is 1. The molecule has 1 aromatic heterocycles. The van der Waals surface area contributed by atoms with Gasteiger partial charge >= 0.3 is 0 Å². The van der Waals surface area contributed by atoms with Crippen molar-refractivity contribution in [2.45, 2.75) is 46.0 Å². The predicted molar refractivity (Wildman–Crippen MR) is 108 cm³/mol. The molecule has 0 atom stereocenters. The third kappa shape index (κ3) is 4.94. The summed E-state index contributed by atoms with van der Waals surface area (Å²) < 4.78 is 0. The van der Waals surface area contributed by atoms with Crippen LogP contribution in [0.5, 0.6) is 0 Å². The lowest BCUT2D eigenvalue weighted by atomic mass is 9.97. The van der Waals surface area contributed by atoms with Gasteiger partial charge in [-0.15, -0.1) is 0 Å². The highest BCUT2D eigenvalue weighted by molar-refractivity contribution is 6.04. The van der Waals surface area contributed by atoms with E-state index in [0.717, 1.165) is 29.9 Å². The summed E-state index contributed by atoms with van der Waals surface area (Å²) in [4.78, 5) is 16.7. The van der Waals surface area contributed by atoms with Crippen LogP contribution in [0.4, 0.5) is 11.4 Å². The largest absolute Gasteiger partial charge is 0.383 e. The zero-order valence-electron chi connectivity index (χ0n) is 15.6. The molecule has 0 unspecified atom stereocenters. The number of allylic oxidation sites excluding steroid dienone is 1. The van der Waals surface area contributed by atoms with E-state index in [-0.39, 0.29) is 5.91 Å². The lowest BCUT2D eigenvalue weighted by molar-refractivity contribution is 0.102. The van der Waals surface area contributed by atoms with Crippen molar-refractivity contribution in [2.24, 2.45) is 0 Å². The third-order valence-electron chi connectivity index (χ3n) is 4.93. The maximum atomic E-state index is 12.5. The fourth-order valence-corrected chi connectivity index (χ4v) is 3.18. The number of carbonyl (C=O) groups is 1. The Hall–Kier alpha value is -2.62.